The van der Waals surface area contributed by atoms with Crippen molar-refractivity contribution in [1.82, 2.24) is 0 Å². The largest absolute Gasteiger partial charge is 0.481 e. The lowest BCUT2D eigenvalue weighted by molar-refractivity contribution is -0.149. The number of hydrogen-bond acceptors (Lipinski definition) is 8. The van der Waals surface area contributed by atoms with Gasteiger partial charge in [0.15, 0.2) is 11.6 Å². The zero-order chi connectivity index (χ0) is 41.3. The summed E-state index contributed by atoms with van der Waals surface area (Å²) >= 11 is 0. The predicted octanol–water partition coefficient (Wildman–Crippen LogP) is 7.32. The summed E-state index contributed by atoms with van der Waals surface area (Å²) in [5.41, 5.74) is 1.02. The molecule has 10 heteroatoms. The van der Waals surface area contributed by atoms with Gasteiger partial charge in [-0.2, -0.15) is 0 Å². The van der Waals surface area contributed by atoms with Crippen molar-refractivity contribution in [3.05, 3.63) is 23.3 Å². The van der Waals surface area contributed by atoms with Crippen LogP contribution < -0.4 is 0 Å². The lowest BCUT2D eigenvalue weighted by Crippen LogP contribution is -2.51. The number of aliphatic hydroxyl groups is 2. The van der Waals surface area contributed by atoms with Crippen molar-refractivity contribution >= 4 is 35.1 Å². The van der Waals surface area contributed by atoms with E-state index in [-0.39, 0.29) is 57.3 Å². The van der Waals surface area contributed by atoms with Crippen LogP contribution in [0.3, 0.4) is 0 Å². The first kappa shape index (κ1) is 42.6. The molecule has 0 aromatic carbocycles. The molecule has 56 heavy (non-hydrogen) atoms. The number of Topliss-reactive ketones (excluding diaryl/α,β-unsaturated/α-hetero) is 2. The van der Waals surface area contributed by atoms with Gasteiger partial charge in [0.1, 0.15) is 11.6 Å². The Morgan fingerprint density at radius 1 is 0.661 bits per heavy atom. The van der Waals surface area contributed by atoms with Crippen LogP contribution in [0.4, 0.5) is 0 Å². The highest BCUT2D eigenvalue weighted by atomic mass is 16.4. The van der Waals surface area contributed by atoms with Gasteiger partial charge in [-0.25, -0.2) is 0 Å². The molecule has 4 N–H and O–H groups in total. The zero-order valence-corrected chi connectivity index (χ0v) is 34.7. The summed E-state index contributed by atoms with van der Waals surface area (Å²) in [6.07, 6.45) is 15.3. The number of aliphatic hydroxyl groups excluding tert-OH is 1. The molecule has 0 aromatic rings. The third kappa shape index (κ3) is 7.00. The van der Waals surface area contributed by atoms with Crippen LogP contribution >= 0.6 is 0 Å². The smallest absolute Gasteiger partial charge is 0.306 e. The summed E-state index contributed by atoms with van der Waals surface area (Å²) in [5.74, 6) is 0.581. The summed E-state index contributed by atoms with van der Waals surface area (Å²) in [7, 11) is 0. The molecule has 0 amide bonds. The minimum absolute atomic E-state index is 0.0252. The summed E-state index contributed by atoms with van der Waals surface area (Å²) in [5, 5.41) is 38.8. The van der Waals surface area contributed by atoms with Crippen LogP contribution in [0.25, 0.3) is 0 Å². The number of carbonyl (C=O) groups is 6. The molecule has 6 saturated carbocycles. The third-order valence-corrected chi connectivity index (χ3v) is 17.5. The first-order valence-corrected chi connectivity index (χ1v) is 21.3. The Labute approximate surface area is 332 Å². The number of allylic oxidation sites excluding steroid dienone is 2. The molecule has 0 aromatic heterocycles. The average molecular weight is 779 g/mol. The van der Waals surface area contributed by atoms with Gasteiger partial charge in [0.05, 0.1) is 24.0 Å². The van der Waals surface area contributed by atoms with Crippen LogP contribution in [-0.4, -0.2) is 67.2 Å². The van der Waals surface area contributed by atoms with Gasteiger partial charge in [-0.1, -0.05) is 38.8 Å². The molecule has 8 aliphatic carbocycles. The van der Waals surface area contributed by atoms with E-state index in [1.54, 1.807) is 6.92 Å². The fraction of sp³-hybridized carbons (Fsp3) is 0.783. The molecule has 6 fully saturated rings. The second-order valence-electron chi connectivity index (χ2n) is 20.4. The predicted molar refractivity (Wildman–Crippen MR) is 209 cm³/mol. The van der Waals surface area contributed by atoms with E-state index in [1.165, 1.54) is 18.1 Å². The number of hydrogen-bond donors (Lipinski definition) is 4. The maximum absolute atomic E-state index is 12.6. The molecule has 10 nitrogen and oxygen atoms in total. The molecule has 8 aliphatic rings. The Bertz CT molecular complexity index is 1720. The van der Waals surface area contributed by atoms with Crippen molar-refractivity contribution in [1.29, 1.82) is 0 Å². The van der Waals surface area contributed by atoms with Crippen LogP contribution in [0, 0.1) is 69.0 Å². The van der Waals surface area contributed by atoms with E-state index in [0.717, 1.165) is 77.6 Å². The Morgan fingerprint density at radius 2 is 1.12 bits per heavy atom. The number of aliphatic carboxylic acids is 2. The van der Waals surface area contributed by atoms with E-state index in [4.69, 9.17) is 9.90 Å². The SMILES string of the molecule is CC(=O)O.CC(=O)[C@H]1C(O)(CC(=O)O)C[C@H]2[C@@H]3CCC4=CC(=O)CC[C@]4(C)[C@H]3CC[C@@]21C.CC(=O)[C@H]1C(O)C[C@H]2[C@@H]3CCC4=CC(=O)CC[C@]4(C)[C@H]3CC[C@]12C. The number of carbonyl (C=O) groups excluding carboxylic acids is 4. The van der Waals surface area contributed by atoms with Crippen molar-refractivity contribution in [3.8, 4) is 0 Å². The van der Waals surface area contributed by atoms with Crippen LogP contribution in [0.5, 0.6) is 0 Å². The van der Waals surface area contributed by atoms with E-state index in [0.29, 0.717) is 54.6 Å². The van der Waals surface area contributed by atoms with E-state index in [2.05, 4.69) is 27.7 Å². The lowest BCUT2D eigenvalue weighted by atomic mass is 9.46. The maximum Gasteiger partial charge on any atom is 0.306 e. The number of rotatable bonds is 4. The van der Waals surface area contributed by atoms with Crippen molar-refractivity contribution in [3.63, 3.8) is 0 Å². The molecular weight excluding hydrogens is 712 g/mol. The van der Waals surface area contributed by atoms with E-state index >= 15 is 0 Å². The molecule has 8 rings (SSSR count). The van der Waals surface area contributed by atoms with Crippen molar-refractivity contribution in [2.75, 3.05) is 0 Å². The van der Waals surface area contributed by atoms with Crippen LogP contribution in [-0.2, 0) is 28.8 Å². The van der Waals surface area contributed by atoms with Gasteiger partial charge >= 0.3 is 5.97 Å². The van der Waals surface area contributed by atoms with Gasteiger partial charge < -0.3 is 20.4 Å². The third-order valence-electron chi connectivity index (χ3n) is 17.5. The van der Waals surface area contributed by atoms with Crippen molar-refractivity contribution in [2.45, 2.75) is 156 Å². The van der Waals surface area contributed by atoms with Gasteiger partial charge in [0.2, 0.25) is 0 Å². The van der Waals surface area contributed by atoms with Crippen LogP contribution in [0.1, 0.15) is 145 Å². The molecule has 0 aliphatic heterocycles. The van der Waals surface area contributed by atoms with Gasteiger partial charge in [-0.3, -0.25) is 28.8 Å². The Kier molecular flexibility index (Phi) is 11.4. The van der Waals surface area contributed by atoms with Gasteiger partial charge in [-0.05, 0) is 160 Å². The van der Waals surface area contributed by atoms with Crippen molar-refractivity contribution < 1.29 is 49.2 Å². The summed E-state index contributed by atoms with van der Waals surface area (Å²) in [6, 6.07) is 0. The first-order chi connectivity index (χ1) is 26.0. The fourth-order valence-corrected chi connectivity index (χ4v) is 15.3. The van der Waals surface area contributed by atoms with Crippen LogP contribution in [0.2, 0.25) is 0 Å². The van der Waals surface area contributed by atoms with Gasteiger partial charge in [0.25, 0.3) is 5.97 Å². The van der Waals surface area contributed by atoms with Crippen molar-refractivity contribution in [2.24, 2.45) is 69.0 Å². The number of fused-ring (bicyclic) bond motifs is 10. The Hall–Kier alpha value is -2.98. The lowest BCUT2D eigenvalue weighted by Gasteiger charge is -2.57. The highest BCUT2D eigenvalue weighted by Gasteiger charge is 2.67. The second-order valence-corrected chi connectivity index (χ2v) is 20.4. The standard InChI is InChI=1S/C23H32O5.C21H30O3.C2H4O2/c1-13(24)20-22(3)9-7-17-16(18(22)11-23(20,28)12-19(26)27)5-4-14-10-15(25)6-8-21(14,17)2;1-12(22)19-18(24)11-17-15-5-4-13-10-14(23)6-8-20(13,2)16(15)7-9-21(17,19)3;1-2(3)4/h10,16-18,20,28H,4-9,11-12H2,1-3H3,(H,26,27);10,15-19,24H,4-9,11H2,1-3H3;1H3,(H,3,4)/t16-,17+,18+,20-,21+,22+,23?;15-,16+,17+,18?,19+,20+,21+;/m11./s1. The number of carboxylic acid groups (broad SMARTS) is 2. The van der Waals surface area contributed by atoms with E-state index in [9.17, 15) is 39.3 Å². The zero-order valence-electron chi connectivity index (χ0n) is 34.7. The number of ketones is 4. The highest BCUT2D eigenvalue weighted by molar-refractivity contribution is 5.92. The normalized spacial score (nSPS) is 45.9. The molecule has 0 heterocycles. The van der Waals surface area contributed by atoms with Crippen LogP contribution in [0.15, 0.2) is 23.3 Å². The second kappa shape index (κ2) is 15.0. The van der Waals surface area contributed by atoms with Gasteiger partial charge in [0, 0.05) is 25.7 Å². The molecule has 14 atom stereocenters. The van der Waals surface area contributed by atoms with E-state index < -0.39 is 29.6 Å². The summed E-state index contributed by atoms with van der Waals surface area (Å²) in [6.45, 7) is 13.3. The molecule has 2 unspecified atom stereocenters. The Balaban J connectivity index is 0.000000175. The fourth-order valence-electron chi connectivity index (χ4n) is 15.3. The Morgan fingerprint density at radius 3 is 1.57 bits per heavy atom. The monoisotopic (exact) mass is 778 g/mol. The first-order valence-electron chi connectivity index (χ1n) is 21.3. The topological polar surface area (TPSA) is 183 Å². The summed E-state index contributed by atoms with van der Waals surface area (Å²) in [4.78, 5) is 69.1. The van der Waals surface area contributed by atoms with Gasteiger partial charge in [-0.15, -0.1) is 0 Å². The van der Waals surface area contributed by atoms with E-state index in [1.807, 2.05) is 12.2 Å². The minimum atomic E-state index is -1.45. The molecule has 0 radical (unpaired) electrons. The molecule has 0 bridgehead atoms. The quantitative estimate of drug-likeness (QED) is 0.226. The molecule has 0 saturated heterocycles. The number of carboxylic acids is 2. The average Bonchev–Trinajstić information content (AvgIpc) is 3.50. The highest BCUT2D eigenvalue weighted by Crippen LogP contribution is 2.69. The maximum atomic E-state index is 12.6. The molecule has 0 spiro atoms. The summed E-state index contributed by atoms with van der Waals surface area (Å²) < 4.78 is 0. The molecular formula is C46H66O10. The molecule has 310 valence electrons. The minimum Gasteiger partial charge on any atom is -0.481 e.